The number of hydrogen-bond acceptors (Lipinski definition) is 4. The number of ether oxygens (including phenoxy) is 2. The van der Waals surface area contributed by atoms with E-state index in [0.29, 0.717) is 61.5 Å². The average molecular weight is 427 g/mol. The van der Waals surface area contributed by atoms with Crippen molar-refractivity contribution in [2.24, 2.45) is 0 Å². The van der Waals surface area contributed by atoms with Crippen LogP contribution in [0.2, 0.25) is 5.02 Å². The van der Waals surface area contributed by atoms with E-state index in [1.54, 1.807) is 21.9 Å². The molecule has 0 aromatic heterocycles. The van der Waals surface area contributed by atoms with Crippen LogP contribution in [0.25, 0.3) is 6.08 Å². The van der Waals surface area contributed by atoms with Crippen molar-refractivity contribution in [3.05, 3.63) is 64.2 Å². The number of amides is 2. The molecule has 4 rings (SSSR count). The Morgan fingerprint density at radius 2 is 1.63 bits per heavy atom. The first-order valence-corrected chi connectivity index (χ1v) is 10.3. The summed E-state index contributed by atoms with van der Waals surface area (Å²) in [4.78, 5) is 28.7. The third-order valence-electron chi connectivity index (χ3n) is 5.21. The molecule has 0 radical (unpaired) electrons. The van der Waals surface area contributed by atoms with Gasteiger partial charge in [0.2, 0.25) is 5.91 Å². The Morgan fingerprint density at radius 1 is 0.967 bits per heavy atom. The van der Waals surface area contributed by atoms with Gasteiger partial charge in [0.1, 0.15) is 13.2 Å². The molecule has 2 amide bonds. The Kier molecular flexibility index (Phi) is 5.95. The molecule has 0 saturated carbocycles. The van der Waals surface area contributed by atoms with Crippen LogP contribution in [0.4, 0.5) is 0 Å². The number of fused-ring (bicyclic) bond motifs is 1. The van der Waals surface area contributed by atoms with Crippen LogP contribution in [0.15, 0.2) is 42.5 Å². The molecule has 0 atom stereocenters. The fourth-order valence-electron chi connectivity index (χ4n) is 3.51. The first-order valence-electron chi connectivity index (χ1n) is 9.93. The summed E-state index contributed by atoms with van der Waals surface area (Å²) < 4.78 is 11.1. The second kappa shape index (κ2) is 8.79. The summed E-state index contributed by atoms with van der Waals surface area (Å²) in [6.07, 6.45) is 3.25. The number of hydrogen-bond donors (Lipinski definition) is 0. The van der Waals surface area contributed by atoms with Crippen molar-refractivity contribution in [1.29, 1.82) is 0 Å². The number of rotatable bonds is 3. The Labute approximate surface area is 180 Å². The summed E-state index contributed by atoms with van der Waals surface area (Å²) in [5.74, 6) is 1.04. The van der Waals surface area contributed by atoms with Crippen LogP contribution in [0.3, 0.4) is 0 Å². The van der Waals surface area contributed by atoms with Crippen molar-refractivity contribution < 1.29 is 19.1 Å². The fraction of sp³-hybridized carbons (Fsp3) is 0.304. The minimum absolute atomic E-state index is 0.00330. The van der Waals surface area contributed by atoms with Crippen LogP contribution in [-0.4, -0.2) is 61.0 Å². The lowest BCUT2D eigenvalue weighted by molar-refractivity contribution is -0.127. The lowest BCUT2D eigenvalue weighted by Crippen LogP contribution is -2.50. The first kappa shape index (κ1) is 20.3. The van der Waals surface area contributed by atoms with Gasteiger partial charge in [0, 0.05) is 37.8 Å². The van der Waals surface area contributed by atoms with Crippen LogP contribution >= 0.6 is 11.6 Å². The molecule has 0 N–H and O–H groups in total. The molecule has 2 aliphatic rings. The molecule has 2 aliphatic heterocycles. The zero-order chi connectivity index (χ0) is 21.1. The van der Waals surface area contributed by atoms with E-state index < -0.39 is 0 Å². The minimum atomic E-state index is -0.0940. The lowest BCUT2D eigenvalue weighted by Gasteiger charge is -2.34. The molecule has 30 heavy (non-hydrogen) atoms. The van der Waals surface area contributed by atoms with Crippen molar-refractivity contribution in [3.8, 4) is 11.5 Å². The Morgan fingerprint density at radius 3 is 2.37 bits per heavy atom. The van der Waals surface area contributed by atoms with E-state index in [0.717, 1.165) is 11.1 Å². The summed E-state index contributed by atoms with van der Waals surface area (Å²) in [6, 6.07) is 11.1. The Hall–Kier alpha value is -2.99. The van der Waals surface area contributed by atoms with Gasteiger partial charge in [0.15, 0.2) is 11.5 Å². The molecule has 0 bridgehead atoms. The summed E-state index contributed by atoms with van der Waals surface area (Å²) in [5, 5.41) is 0.461. The summed E-state index contributed by atoms with van der Waals surface area (Å²) in [5.41, 5.74) is 2.56. The average Bonchev–Trinajstić information content (AvgIpc) is 2.78. The maximum Gasteiger partial charge on any atom is 0.253 e. The summed E-state index contributed by atoms with van der Waals surface area (Å²) in [7, 11) is 0. The first-order chi connectivity index (χ1) is 14.5. The van der Waals surface area contributed by atoms with E-state index in [1.165, 1.54) is 6.08 Å². The van der Waals surface area contributed by atoms with Gasteiger partial charge in [-0.25, -0.2) is 0 Å². The monoisotopic (exact) mass is 426 g/mol. The number of nitrogens with zero attached hydrogens (tertiary/aromatic N) is 2. The standard InChI is InChI=1S/C23H23ClN2O4/c1-16-2-5-18(6-3-16)23(28)26-10-8-25(9-11-26)21(27)7-4-17-14-19(24)22-20(15-17)29-12-13-30-22/h2-7,14-15H,8-13H2,1H3/b7-4+. The van der Waals surface area contributed by atoms with Gasteiger partial charge in [-0.15, -0.1) is 0 Å². The molecule has 156 valence electrons. The predicted molar refractivity (Wildman–Crippen MR) is 115 cm³/mol. The molecule has 0 spiro atoms. The predicted octanol–water partition coefficient (Wildman–Crippen LogP) is 3.42. The van der Waals surface area contributed by atoms with Crippen molar-refractivity contribution >= 4 is 29.5 Å². The number of carbonyl (C=O) groups excluding carboxylic acids is 2. The van der Waals surface area contributed by atoms with Crippen LogP contribution in [0, 0.1) is 6.92 Å². The second-order valence-corrected chi connectivity index (χ2v) is 7.75. The van der Waals surface area contributed by atoms with E-state index in [4.69, 9.17) is 21.1 Å². The molecule has 1 saturated heterocycles. The second-order valence-electron chi connectivity index (χ2n) is 7.34. The van der Waals surface area contributed by atoms with E-state index in [2.05, 4.69) is 0 Å². The third-order valence-corrected chi connectivity index (χ3v) is 5.50. The number of halogens is 1. The van der Waals surface area contributed by atoms with Crippen molar-refractivity contribution in [3.63, 3.8) is 0 Å². The largest absolute Gasteiger partial charge is 0.486 e. The van der Waals surface area contributed by atoms with Crippen LogP contribution in [0.1, 0.15) is 21.5 Å². The summed E-state index contributed by atoms with van der Waals surface area (Å²) >= 11 is 6.24. The molecule has 7 heteroatoms. The molecular formula is C23H23ClN2O4. The van der Waals surface area contributed by atoms with E-state index in [-0.39, 0.29) is 11.8 Å². The minimum Gasteiger partial charge on any atom is -0.486 e. The van der Waals surface area contributed by atoms with E-state index in [1.807, 2.05) is 37.3 Å². The summed E-state index contributed by atoms with van der Waals surface area (Å²) in [6.45, 7) is 4.97. The van der Waals surface area contributed by atoms with Gasteiger partial charge >= 0.3 is 0 Å². The molecule has 6 nitrogen and oxygen atoms in total. The SMILES string of the molecule is Cc1ccc(C(=O)N2CCN(C(=O)/C=C/c3cc(Cl)c4c(c3)OCCO4)CC2)cc1. The van der Waals surface area contributed by atoms with Gasteiger partial charge < -0.3 is 19.3 Å². The Balaban J connectivity index is 1.35. The highest BCUT2D eigenvalue weighted by Gasteiger charge is 2.24. The van der Waals surface area contributed by atoms with Crippen LogP contribution < -0.4 is 9.47 Å². The number of carbonyl (C=O) groups is 2. The number of benzene rings is 2. The van der Waals surface area contributed by atoms with Gasteiger partial charge in [-0.3, -0.25) is 9.59 Å². The smallest absolute Gasteiger partial charge is 0.253 e. The molecule has 2 aromatic carbocycles. The topological polar surface area (TPSA) is 59.1 Å². The maximum absolute atomic E-state index is 12.6. The highest BCUT2D eigenvalue weighted by Crippen LogP contribution is 2.38. The number of piperazine rings is 1. The van der Waals surface area contributed by atoms with Gasteiger partial charge in [-0.2, -0.15) is 0 Å². The molecule has 2 aromatic rings. The van der Waals surface area contributed by atoms with E-state index in [9.17, 15) is 9.59 Å². The Bertz CT molecular complexity index is 979. The molecule has 1 fully saturated rings. The highest BCUT2D eigenvalue weighted by atomic mass is 35.5. The zero-order valence-corrected chi connectivity index (χ0v) is 17.5. The quantitative estimate of drug-likeness (QED) is 0.706. The third kappa shape index (κ3) is 4.44. The molecule has 0 unspecified atom stereocenters. The van der Waals surface area contributed by atoms with Crippen LogP contribution in [0.5, 0.6) is 11.5 Å². The van der Waals surface area contributed by atoms with Gasteiger partial charge in [0.05, 0.1) is 5.02 Å². The fourth-order valence-corrected chi connectivity index (χ4v) is 3.78. The van der Waals surface area contributed by atoms with Crippen molar-refractivity contribution in [2.45, 2.75) is 6.92 Å². The molecule has 2 heterocycles. The van der Waals surface area contributed by atoms with Gasteiger partial charge in [-0.05, 0) is 42.8 Å². The van der Waals surface area contributed by atoms with Gasteiger partial charge in [-0.1, -0.05) is 29.3 Å². The normalized spacial score (nSPS) is 16.1. The number of aryl methyl sites for hydroxylation is 1. The highest BCUT2D eigenvalue weighted by molar-refractivity contribution is 6.32. The molecular weight excluding hydrogens is 404 g/mol. The molecule has 0 aliphatic carbocycles. The van der Waals surface area contributed by atoms with Gasteiger partial charge in [0.25, 0.3) is 5.91 Å². The van der Waals surface area contributed by atoms with Crippen molar-refractivity contribution in [2.75, 3.05) is 39.4 Å². The van der Waals surface area contributed by atoms with Crippen LogP contribution in [-0.2, 0) is 4.79 Å². The maximum atomic E-state index is 12.6. The van der Waals surface area contributed by atoms with Crippen molar-refractivity contribution in [1.82, 2.24) is 9.80 Å². The zero-order valence-electron chi connectivity index (χ0n) is 16.8. The lowest BCUT2D eigenvalue weighted by atomic mass is 10.1. The van der Waals surface area contributed by atoms with E-state index >= 15 is 0 Å².